The average molecular weight is 306 g/mol. The molecule has 0 spiro atoms. The molecule has 0 aliphatic rings. The molecule has 0 unspecified atom stereocenters. The minimum absolute atomic E-state index is 0.347. The molecule has 0 saturated carbocycles. The van der Waals surface area contributed by atoms with Crippen molar-refractivity contribution in [2.24, 2.45) is 0 Å². The SMILES string of the molecule is CCCCNS(=O)(=O)c1cccc2c(N(C)C)cccc12. The summed E-state index contributed by atoms with van der Waals surface area (Å²) >= 11 is 0. The summed E-state index contributed by atoms with van der Waals surface area (Å²) in [6.45, 7) is 2.51. The van der Waals surface area contributed by atoms with Gasteiger partial charge in [-0.25, -0.2) is 13.1 Å². The third-order valence-electron chi connectivity index (χ3n) is 3.45. The first-order chi connectivity index (χ1) is 9.97. The monoisotopic (exact) mass is 306 g/mol. The van der Waals surface area contributed by atoms with E-state index in [4.69, 9.17) is 0 Å². The summed E-state index contributed by atoms with van der Waals surface area (Å²) in [5, 5.41) is 1.70. The van der Waals surface area contributed by atoms with Crippen LogP contribution in [0.25, 0.3) is 10.8 Å². The number of unbranched alkanes of at least 4 members (excludes halogenated alkanes) is 1. The molecule has 21 heavy (non-hydrogen) atoms. The Morgan fingerprint density at radius 2 is 1.71 bits per heavy atom. The molecule has 0 amide bonds. The molecule has 1 N–H and O–H groups in total. The van der Waals surface area contributed by atoms with Crippen molar-refractivity contribution in [3.63, 3.8) is 0 Å². The zero-order valence-corrected chi connectivity index (χ0v) is 13.6. The Morgan fingerprint density at radius 1 is 1.05 bits per heavy atom. The van der Waals surface area contributed by atoms with Crippen molar-refractivity contribution in [3.8, 4) is 0 Å². The number of fused-ring (bicyclic) bond motifs is 1. The molecule has 2 rings (SSSR count). The van der Waals surface area contributed by atoms with Crippen LogP contribution in [0.1, 0.15) is 19.8 Å². The van der Waals surface area contributed by atoms with E-state index in [0.29, 0.717) is 11.4 Å². The van der Waals surface area contributed by atoms with Crippen LogP contribution in [0, 0.1) is 0 Å². The lowest BCUT2D eigenvalue weighted by atomic mass is 10.1. The third kappa shape index (κ3) is 3.36. The van der Waals surface area contributed by atoms with Gasteiger partial charge in [-0.1, -0.05) is 37.6 Å². The first-order valence-corrected chi connectivity index (χ1v) is 8.64. The molecule has 114 valence electrons. The summed E-state index contributed by atoms with van der Waals surface area (Å²) in [5.41, 5.74) is 1.01. The Morgan fingerprint density at radius 3 is 2.38 bits per heavy atom. The van der Waals surface area contributed by atoms with E-state index in [2.05, 4.69) is 4.72 Å². The Kier molecular flexibility index (Phi) is 4.85. The topological polar surface area (TPSA) is 49.4 Å². The lowest BCUT2D eigenvalue weighted by Gasteiger charge is -2.17. The number of hydrogen-bond acceptors (Lipinski definition) is 3. The van der Waals surface area contributed by atoms with Crippen LogP contribution in [0.15, 0.2) is 41.3 Å². The Bertz CT molecular complexity index is 724. The van der Waals surface area contributed by atoms with Crippen LogP contribution in [-0.2, 0) is 10.0 Å². The van der Waals surface area contributed by atoms with Crippen LogP contribution in [0.4, 0.5) is 5.69 Å². The molecule has 2 aromatic carbocycles. The van der Waals surface area contributed by atoms with Gasteiger partial charge in [0, 0.05) is 37.1 Å². The van der Waals surface area contributed by atoms with Gasteiger partial charge in [0.15, 0.2) is 0 Å². The van der Waals surface area contributed by atoms with Gasteiger partial charge in [-0.3, -0.25) is 0 Å². The van der Waals surface area contributed by atoms with E-state index in [-0.39, 0.29) is 0 Å². The highest BCUT2D eigenvalue weighted by Crippen LogP contribution is 2.29. The van der Waals surface area contributed by atoms with E-state index >= 15 is 0 Å². The Hall–Kier alpha value is -1.59. The molecule has 0 radical (unpaired) electrons. The van der Waals surface area contributed by atoms with Gasteiger partial charge in [0.25, 0.3) is 0 Å². The van der Waals surface area contributed by atoms with Crippen LogP contribution in [0.2, 0.25) is 0 Å². The van der Waals surface area contributed by atoms with E-state index < -0.39 is 10.0 Å². The fourth-order valence-corrected chi connectivity index (χ4v) is 3.64. The maximum Gasteiger partial charge on any atom is 0.241 e. The molecular formula is C16H22N2O2S. The molecule has 0 atom stereocenters. The van der Waals surface area contributed by atoms with Crippen LogP contribution < -0.4 is 9.62 Å². The molecule has 2 aromatic rings. The highest BCUT2D eigenvalue weighted by Gasteiger charge is 2.17. The fourth-order valence-electron chi connectivity index (χ4n) is 2.35. The van der Waals surface area contributed by atoms with Crippen molar-refractivity contribution in [1.29, 1.82) is 0 Å². The van der Waals surface area contributed by atoms with Crippen LogP contribution in [-0.4, -0.2) is 29.1 Å². The minimum Gasteiger partial charge on any atom is -0.377 e. The fraction of sp³-hybridized carbons (Fsp3) is 0.375. The maximum atomic E-state index is 12.5. The first kappa shape index (κ1) is 15.8. The second-order valence-corrected chi connectivity index (χ2v) is 7.01. The Labute approximate surface area is 126 Å². The predicted molar refractivity (Wildman–Crippen MR) is 88.4 cm³/mol. The summed E-state index contributed by atoms with van der Waals surface area (Å²) < 4.78 is 27.6. The summed E-state index contributed by atoms with van der Waals surface area (Å²) in [6.07, 6.45) is 1.80. The number of nitrogens with zero attached hydrogens (tertiary/aromatic N) is 1. The van der Waals surface area contributed by atoms with Crippen molar-refractivity contribution in [2.45, 2.75) is 24.7 Å². The molecule has 0 aromatic heterocycles. The summed E-state index contributed by atoms with van der Waals surface area (Å²) in [6, 6.07) is 11.2. The van der Waals surface area contributed by atoms with Crippen molar-refractivity contribution in [2.75, 3.05) is 25.5 Å². The lowest BCUT2D eigenvalue weighted by molar-refractivity contribution is 0.579. The maximum absolute atomic E-state index is 12.5. The van der Waals surface area contributed by atoms with Crippen LogP contribution in [0.3, 0.4) is 0 Å². The molecule has 0 aliphatic heterocycles. The molecule has 0 aliphatic carbocycles. The van der Waals surface area contributed by atoms with Gasteiger partial charge >= 0.3 is 0 Å². The van der Waals surface area contributed by atoms with Crippen molar-refractivity contribution in [3.05, 3.63) is 36.4 Å². The number of anilines is 1. The van der Waals surface area contributed by atoms with E-state index in [1.54, 1.807) is 12.1 Å². The average Bonchev–Trinajstić information content (AvgIpc) is 2.46. The van der Waals surface area contributed by atoms with Crippen molar-refractivity contribution < 1.29 is 8.42 Å². The number of benzene rings is 2. The zero-order valence-electron chi connectivity index (χ0n) is 12.8. The van der Waals surface area contributed by atoms with Gasteiger partial charge in [-0.15, -0.1) is 0 Å². The third-order valence-corrected chi connectivity index (χ3v) is 4.97. The van der Waals surface area contributed by atoms with Crippen molar-refractivity contribution >= 4 is 26.5 Å². The number of sulfonamides is 1. The second kappa shape index (κ2) is 6.45. The molecular weight excluding hydrogens is 284 g/mol. The predicted octanol–water partition coefficient (Wildman–Crippen LogP) is 2.98. The molecule has 0 saturated heterocycles. The van der Waals surface area contributed by atoms with Gasteiger partial charge in [0.05, 0.1) is 4.90 Å². The first-order valence-electron chi connectivity index (χ1n) is 7.16. The highest BCUT2D eigenvalue weighted by molar-refractivity contribution is 7.89. The van der Waals surface area contributed by atoms with Crippen LogP contribution in [0.5, 0.6) is 0 Å². The highest BCUT2D eigenvalue weighted by atomic mass is 32.2. The zero-order chi connectivity index (χ0) is 15.5. The minimum atomic E-state index is -3.47. The summed E-state index contributed by atoms with van der Waals surface area (Å²) in [4.78, 5) is 2.34. The second-order valence-electron chi connectivity index (χ2n) is 5.27. The quantitative estimate of drug-likeness (QED) is 0.835. The van der Waals surface area contributed by atoms with E-state index in [1.807, 2.05) is 50.2 Å². The summed E-state index contributed by atoms with van der Waals surface area (Å²) in [7, 11) is 0.438. The van der Waals surface area contributed by atoms with E-state index in [1.165, 1.54) is 0 Å². The molecule has 5 heteroatoms. The lowest BCUT2D eigenvalue weighted by Crippen LogP contribution is -2.25. The molecule has 0 bridgehead atoms. The number of hydrogen-bond donors (Lipinski definition) is 1. The van der Waals surface area contributed by atoms with Crippen molar-refractivity contribution in [1.82, 2.24) is 4.72 Å². The summed E-state index contributed by atoms with van der Waals surface area (Å²) in [5.74, 6) is 0. The molecule has 0 heterocycles. The normalized spacial score (nSPS) is 11.8. The van der Waals surface area contributed by atoms with Gasteiger partial charge in [0.2, 0.25) is 10.0 Å². The standard InChI is InChI=1S/C16H22N2O2S/c1-4-5-12-17-21(19,20)16-11-7-8-13-14(16)9-6-10-15(13)18(2)3/h6-11,17H,4-5,12H2,1-3H3. The van der Waals surface area contributed by atoms with E-state index in [0.717, 1.165) is 29.3 Å². The Balaban J connectivity index is 2.53. The van der Waals surface area contributed by atoms with Crippen LogP contribution >= 0.6 is 0 Å². The smallest absolute Gasteiger partial charge is 0.241 e. The molecule has 4 nitrogen and oxygen atoms in total. The number of rotatable bonds is 6. The number of nitrogens with one attached hydrogen (secondary N) is 1. The van der Waals surface area contributed by atoms with Gasteiger partial charge in [-0.05, 0) is 18.6 Å². The van der Waals surface area contributed by atoms with Gasteiger partial charge in [-0.2, -0.15) is 0 Å². The van der Waals surface area contributed by atoms with E-state index in [9.17, 15) is 8.42 Å². The van der Waals surface area contributed by atoms with Gasteiger partial charge in [0.1, 0.15) is 0 Å². The molecule has 0 fully saturated rings. The van der Waals surface area contributed by atoms with Gasteiger partial charge < -0.3 is 4.90 Å². The largest absolute Gasteiger partial charge is 0.377 e.